The second-order valence-electron chi connectivity index (χ2n) is 5.59. The molecule has 1 aromatic rings. The van der Waals surface area contributed by atoms with Crippen molar-refractivity contribution in [2.45, 2.75) is 38.6 Å². The summed E-state index contributed by atoms with van der Waals surface area (Å²) in [6.07, 6.45) is 3.39. The van der Waals surface area contributed by atoms with Gasteiger partial charge in [0.15, 0.2) is 0 Å². The second kappa shape index (κ2) is 10.6. The number of halogens is 1. The van der Waals surface area contributed by atoms with Gasteiger partial charge in [0.25, 0.3) is 5.91 Å². The van der Waals surface area contributed by atoms with E-state index in [2.05, 4.69) is 17.6 Å². The van der Waals surface area contributed by atoms with E-state index in [1.165, 1.54) is 11.3 Å². The van der Waals surface area contributed by atoms with E-state index in [0.29, 0.717) is 24.6 Å². The van der Waals surface area contributed by atoms with Gasteiger partial charge >= 0.3 is 0 Å². The molecule has 1 saturated heterocycles. The molecule has 5 nitrogen and oxygen atoms in total. The maximum atomic E-state index is 12.5. The molecule has 23 heavy (non-hydrogen) atoms. The average Bonchev–Trinajstić information content (AvgIpc) is 3.07. The Labute approximate surface area is 148 Å². The number of rotatable bonds is 7. The van der Waals surface area contributed by atoms with Crippen molar-refractivity contribution < 1.29 is 9.59 Å². The van der Waals surface area contributed by atoms with Gasteiger partial charge in [0, 0.05) is 36.5 Å². The molecule has 2 amide bonds. The Morgan fingerprint density at radius 1 is 1.39 bits per heavy atom. The Morgan fingerprint density at radius 3 is 2.74 bits per heavy atom. The molecule has 2 rings (SSSR count). The normalized spacial score (nSPS) is 14.8. The quantitative estimate of drug-likeness (QED) is 0.785. The van der Waals surface area contributed by atoms with Gasteiger partial charge in [-0.1, -0.05) is 6.92 Å². The monoisotopic (exact) mass is 359 g/mol. The molecule has 2 N–H and O–H groups in total. The number of carbonyl (C=O) groups excluding carboxylic acids is 2. The smallest absolute Gasteiger partial charge is 0.252 e. The zero-order valence-corrected chi connectivity index (χ0v) is 15.2. The van der Waals surface area contributed by atoms with Crippen LogP contribution in [0.2, 0.25) is 0 Å². The lowest BCUT2D eigenvalue weighted by Crippen LogP contribution is -2.47. The maximum Gasteiger partial charge on any atom is 0.252 e. The number of amides is 2. The third-order valence-electron chi connectivity index (χ3n) is 3.94. The van der Waals surface area contributed by atoms with Gasteiger partial charge in [0.05, 0.1) is 0 Å². The van der Waals surface area contributed by atoms with E-state index in [1.807, 2.05) is 15.7 Å². The van der Waals surface area contributed by atoms with Crippen LogP contribution in [-0.4, -0.2) is 48.9 Å². The van der Waals surface area contributed by atoms with Crippen molar-refractivity contribution >= 4 is 35.6 Å². The van der Waals surface area contributed by atoms with Crippen LogP contribution in [-0.2, 0) is 4.79 Å². The summed E-state index contributed by atoms with van der Waals surface area (Å²) < 4.78 is 0. The van der Waals surface area contributed by atoms with E-state index in [9.17, 15) is 9.59 Å². The summed E-state index contributed by atoms with van der Waals surface area (Å²) in [5.41, 5.74) is 0.668. The Kier molecular flexibility index (Phi) is 9.21. The van der Waals surface area contributed by atoms with Crippen LogP contribution in [0.15, 0.2) is 16.8 Å². The summed E-state index contributed by atoms with van der Waals surface area (Å²) in [6.45, 7) is 5.26. The van der Waals surface area contributed by atoms with E-state index in [0.717, 1.165) is 38.9 Å². The van der Waals surface area contributed by atoms with Crippen LogP contribution in [0, 0.1) is 0 Å². The number of nitrogens with zero attached hydrogens (tertiary/aromatic N) is 1. The molecule has 0 aliphatic carbocycles. The fraction of sp³-hybridized carbons (Fsp3) is 0.625. The molecule has 2 heterocycles. The van der Waals surface area contributed by atoms with Crippen LogP contribution >= 0.6 is 23.7 Å². The molecule has 130 valence electrons. The molecule has 0 unspecified atom stereocenters. The Morgan fingerprint density at radius 2 is 2.13 bits per heavy atom. The van der Waals surface area contributed by atoms with Crippen molar-refractivity contribution in [2.24, 2.45) is 0 Å². The SMILES string of the molecule is CCCN(C(=O)CCNC(=O)c1ccsc1)C1CCNCC1.Cl. The standard InChI is InChI=1S/C16H25N3O2S.ClH/c1-2-10-19(14-3-7-17-8-4-14)15(20)5-9-18-16(21)13-6-11-22-12-13;/h6,11-12,14,17H,2-5,7-10H2,1H3,(H,18,21);1H. The van der Waals surface area contributed by atoms with Crippen LogP contribution < -0.4 is 10.6 Å². The molecule has 0 saturated carbocycles. The summed E-state index contributed by atoms with van der Waals surface area (Å²) in [6, 6.07) is 2.14. The highest BCUT2D eigenvalue weighted by Gasteiger charge is 2.24. The minimum Gasteiger partial charge on any atom is -0.351 e. The van der Waals surface area contributed by atoms with Gasteiger partial charge < -0.3 is 15.5 Å². The highest BCUT2D eigenvalue weighted by atomic mass is 35.5. The number of carbonyl (C=O) groups is 2. The number of hydrogen-bond donors (Lipinski definition) is 2. The molecule has 1 aliphatic heterocycles. The first-order valence-corrected chi connectivity index (χ1v) is 8.97. The van der Waals surface area contributed by atoms with E-state index < -0.39 is 0 Å². The van der Waals surface area contributed by atoms with Gasteiger partial charge in [0.2, 0.25) is 5.91 Å². The van der Waals surface area contributed by atoms with Crippen LogP contribution in [0.4, 0.5) is 0 Å². The second-order valence-corrected chi connectivity index (χ2v) is 6.37. The number of hydrogen-bond acceptors (Lipinski definition) is 4. The molecule has 0 bridgehead atoms. The van der Waals surface area contributed by atoms with E-state index >= 15 is 0 Å². The van der Waals surface area contributed by atoms with Gasteiger partial charge in [-0.15, -0.1) is 12.4 Å². The third-order valence-corrected chi connectivity index (χ3v) is 4.63. The average molecular weight is 360 g/mol. The number of piperidine rings is 1. The predicted molar refractivity (Wildman–Crippen MR) is 96.4 cm³/mol. The largest absolute Gasteiger partial charge is 0.351 e. The molecule has 7 heteroatoms. The molecule has 0 atom stereocenters. The first-order chi connectivity index (χ1) is 10.7. The highest BCUT2D eigenvalue weighted by Crippen LogP contribution is 2.14. The lowest BCUT2D eigenvalue weighted by atomic mass is 10.0. The van der Waals surface area contributed by atoms with Gasteiger partial charge in [0.1, 0.15) is 0 Å². The van der Waals surface area contributed by atoms with Gasteiger partial charge in [-0.25, -0.2) is 0 Å². The fourth-order valence-electron chi connectivity index (χ4n) is 2.79. The van der Waals surface area contributed by atoms with Gasteiger partial charge in [-0.3, -0.25) is 9.59 Å². The fourth-order valence-corrected chi connectivity index (χ4v) is 3.43. The Hall–Kier alpha value is -1.11. The first kappa shape index (κ1) is 19.9. The third kappa shape index (κ3) is 6.12. The van der Waals surface area contributed by atoms with E-state index in [-0.39, 0.29) is 24.2 Å². The molecule has 0 radical (unpaired) electrons. The van der Waals surface area contributed by atoms with Gasteiger partial charge in [-0.05, 0) is 43.8 Å². The molecule has 1 fully saturated rings. The molecule has 0 spiro atoms. The Bertz CT molecular complexity index is 476. The summed E-state index contributed by atoms with van der Waals surface area (Å²) in [4.78, 5) is 26.3. The first-order valence-electron chi connectivity index (χ1n) is 8.03. The number of nitrogens with one attached hydrogen (secondary N) is 2. The van der Waals surface area contributed by atoms with E-state index in [4.69, 9.17) is 0 Å². The van der Waals surface area contributed by atoms with Crippen LogP contribution in [0.1, 0.15) is 43.0 Å². The minimum absolute atomic E-state index is 0. The molecule has 1 aliphatic rings. The predicted octanol–water partition coefficient (Wildman–Crippen LogP) is 2.28. The van der Waals surface area contributed by atoms with Crippen molar-refractivity contribution in [1.82, 2.24) is 15.5 Å². The van der Waals surface area contributed by atoms with Crippen LogP contribution in [0.3, 0.4) is 0 Å². The summed E-state index contributed by atoms with van der Waals surface area (Å²) in [5, 5.41) is 9.84. The molecular weight excluding hydrogens is 334 g/mol. The summed E-state index contributed by atoms with van der Waals surface area (Å²) >= 11 is 1.50. The van der Waals surface area contributed by atoms with Crippen molar-refractivity contribution in [3.05, 3.63) is 22.4 Å². The summed E-state index contributed by atoms with van der Waals surface area (Å²) in [5.74, 6) is 0.0531. The molecule has 0 aromatic carbocycles. The van der Waals surface area contributed by atoms with Crippen molar-refractivity contribution in [2.75, 3.05) is 26.2 Å². The zero-order chi connectivity index (χ0) is 15.8. The number of thiophene rings is 1. The summed E-state index contributed by atoms with van der Waals surface area (Å²) in [7, 11) is 0. The molecule has 1 aromatic heterocycles. The maximum absolute atomic E-state index is 12.5. The Balaban J connectivity index is 0.00000264. The lowest BCUT2D eigenvalue weighted by Gasteiger charge is -2.34. The topological polar surface area (TPSA) is 61.4 Å². The van der Waals surface area contributed by atoms with Crippen LogP contribution in [0.5, 0.6) is 0 Å². The zero-order valence-electron chi connectivity index (χ0n) is 13.5. The van der Waals surface area contributed by atoms with Crippen LogP contribution in [0.25, 0.3) is 0 Å². The highest BCUT2D eigenvalue weighted by molar-refractivity contribution is 7.08. The van der Waals surface area contributed by atoms with Gasteiger partial charge in [-0.2, -0.15) is 11.3 Å². The minimum atomic E-state index is -0.0991. The van der Waals surface area contributed by atoms with Crippen molar-refractivity contribution in [3.8, 4) is 0 Å². The molecular formula is C16H26ClN3O2S. The van der Waals surface area contributed by atoms with E-state index in [1.54, 1.807) is 6.07 Å². The van der Waals surface area contributed by atoms with Crippen molar-refractivity contribution in [3.63, 3.8) is 0 Å². The lowest BCUT2D eigenvalue weighted by molar-refractivity contribution is -0.134. The van der Waals surface area contributed by atoms with Crippen molar-refractivity contribution in [1.29, 1.82) is 0 Å².